The molecule has 1 amide bonds. The lowest BCUT2D eigenvalue weighted by molar-refractivity contribution is -0.119. The number of halogens is 2. The van der Waals surface area contributed by atoms with Crippen molar-refractivity contribution in [3.05, 3.63) is 46.2 Å². The van der Waals surface area contributed by atoms with Crippen molar-refractivity contribution in [1.29, 1.82) is 0 Å². The van der Waals surface area contributed by atoms with Crippen LogP contribution in [-0.4, -0.2) is 36.7 Å². The van der Waals surface area contributed by atoms with Gasteiger partial charge < -0.3 is 19.5 Å². The number of nitrogens with one attached hydrogen (secondary N) is 1. The number of anilines is 1. The third kappa shape index (κ3) is 4.36. The van der Waals surface area contributed by atoms with Crippen molar-refractivity contribution in [2.24, 2.45) is 0 Å². The summed E-state index contributed by atoms with van der Waals surface area (Å²) < 4.78 is 16.0. The summed E-state index contributed by atoms with van der Waals surface area (Å²) in [4.78, 5) is 27.9. The number of amides is 1. The molecule has 2 heterocycles. The van der Waals surface area contributed by atoms with Gasteiger partial charge in [0.1, 0.15) is 0 Å². The van der Waals surface area contributed by atoms with Crippen LogP contribution in [-0.2, 0) is 9.53 Å². The zero-order valence-corrected chi connectivity index (χ0v) is 15.0. The highest BCUT2D eigenvalue weighted by Gasteiger charge is 2.20. The number of ether oxygens (including phenoxy) is 3. The van der Waals surface area contributed by atoms with E-state index in [1.54, 1.807) is 12.1 Å². The lowest BCUT2D eigenvalue weighted by atomic mass is 10.2. The second-order valence-corrected chi connectivity index (χ2v) is 6.07. The van der Waals surface area contributed by atoms with E-state index >= 15 is 0 Å². The number of carbonyl (C=O) groups excluding carboxylic acids is 2. The second-order valence-electron chi connectivity index (χ2n) is 5.30. The lowest BCUT2D eigenvalue weighted by Crippen LogP contribution is -2.21. The Morgan fingerprint density at radius 2 is 2.04 bits per heavy atom. The van der Waals surface area contributed by atoms with Crippen LogP contribution in [0.25, 0.3) is 0 Å². The first kappa shape index (κ1) is 18.3. The van der Waals surface area contributed by atoms with Crippen molar-refractivity contribution in [3.63, 3.8) is 0 Å². The quantitative estimate of drug-likeness (QED) is 0.629. The Morgan fingerprint density at radius 3 is 2.85 bits per heavy atom. The number of hydrogen-bond acceptors (Lipinski definition) is 6. The average Bonchev–Trinajstić information content (AvgIpc) is 2.87. The van der Waals surface area contributed by atoms with Gasteiger partial charge in [-0.05, 0) is 24.3 Å². The topological polar surface area (TPSA) is 86.8 Å². The Balaban J connectivity index is 1.63. The minimum atomic E-state index is -0.713. The van der Waals surface area contributed by atoms with E-state index in [9.17, 15) is 9.59 Å². The fraction of sp³-hybridized carbons (Fsp3) is 0.235. The van der Waals surface area contributed by atoms with Crippen LogP contribution >= 0.6 is 23.2 Å². The van der Waals surface area contributed by atoms with E-state index in [0.717, 1.165) is 0 Å². The van der Waals surface area contributed by atoms with Crippen LogP contribution in [0.15, 0.2) is 30.5 Å². The van der Waals surface area contributed by atoms with E-state index in [2.05, 4.69) is 10.3 Å². The van der Waals surface area contributed by atoms with Gasteiger partial charge in [-0.15, -0.1) is 0 Å². The Hall–Kier alpha value is -2.51. The number of carbonyl (C=O) groups is 2. The number of aromatic nitrogens is 1. The molecule has 7 nitrogen and oxygen atoms in total. The predicted octanol–water partition coefficient (Wildman–Crippen LogP) is 3.35. The summed E-state index contributed by atoms with van der Waals surface area (Å²) in [5.41, 5.74) is 0.486. The molecular weight excluding hydrogens is 383 g/mol. The summed E-state index contributed by atoms with van der Waals surface area (Å²) in [5.74, 6) is -0.498. The Morgan fingerprint density at radius 1 is 1.23 bits per heavy atom. The molecule has 0 saturated heterocycles. The predicted molar refractivity (Wildman–Crippen MR) is 95.2 cm³/mol. The van der Waals surface area contributed by atoms with Gasteiger partial charge in [-0.2, -0.15) is 0 Å². The lowest BCUT2D eigenvalue weighted by Gasteiger charge is -2.11. The number of hydrogen-bond donors (Lipinski definition) is 1. The van der Waals surface area contributed by atoms with Gasteiger partial charge >= 0.3 is 5.97 Å². The molecular formula is C17H14Cl2N2O5. The normalized spacial score (nSPS) is 12.8. The van der Waals surface area contributed by atoms with Crippen LogP contribution in [0.2, 0.25) is 10.2 Å². The number of benzene rings is 1. The number of pyridine rings is 1. The zero-order chi connectivity index (χ0) is 18.5. The molecule has 1 N–H and O–H groups in total. The van der Waals surface area contributed by atoms with E-state index < -0.39 is 18.5 Å². The highest BCUT2D eigenvalue weighted by molar-refractivity contribution is 6.33. The van der Waals surface area contributed by atoms with Crippen molar-refractivity contribution in [2.45, 2.75) is 6.42 Å². The number of fused-ring (bicyclic) bond motifs is 1. The van der Waals surface area contributed by atoms with Gasteiger partial charge in [0, 0.05) is 12.6 Å². The smallest absolute Gasteiger partial charge is 0.338 e. The molecule has 2 aromatic rings. The van der Waals surface area contributed by atoms with Crippen LogP contribution in [0, 0.1) is 0 Å². The van der Waals surface area contributed by atoms with Crippen LogP contribution in [0.4, 0.5) is 5.69 Å². The first-order valence-electron chi connectivity index (χ1n) is 7.71. The number of nitrogens with zero attached hydrogens (tertiary/aromatic N) is 1. The molecule has 9 heteroatoms. The SMILES string of the molecule is O=C(COC(=O)c1cc(Cl)c2c(c1)OCCCO2)Nc1cccnc1Cl. The first-order valence-corrected chi connectivity index (χ1v) is 8.47. The highest BCUT2D eigenvalue weighted by atomic mass is 35.5. The maximum absolute atomic E-state index is 12.2. The van der Waals surface area contributed by atoms with E-state index in [1.807, 2.05) is 0 Å². The van der Waals surface area contributed by atoms with E-state index in [1.165, 1.54) is 18.3 Å². The summed E-state index contributed by atoms with van der Waals surface area (Å²) >= 11 is 12.0. The average molecular weight is 397 g/mol. The summed E-state index contributed by atoms with van der Waals surface area (Å²) in [5, 5.41) is 2.88. The van der Waals surface area contributed by atoms with Gasteiger partial charge in [0.15, 0.2) is 23.3 Å². The molecule has 1 aliphatic heterocycles. The van der Waals surface area contributed by atoms with Gasteiger partial charge in [-0.25, -0.2) is 9.78 Å². The number of rotatable bonds is 4. The molecule has 1 aromatic heterocycles. The van der Waals surface area contributed by atoms with Gasteiger partial charge in [-0.3, -0.25) is 4.79 Å². The third-order valence-corrected chi connectivity index (χ3v) is 3.99. The van der Waals surface area contributed by atoms with Crippen molar-refractivity contribution in [1.82, 2.24) is 4.98 Å². The summed E-state index contributed by atoms with van der Waals surface area (Å²) in [6.45, 7) is 0.444. The van der Waals surface area contributed by atoms with Crippen molar-refractivity contribution >= 4 is 40.8 Å². The molecule has 0 radical (unpaired) electrons. The van der Waals surface area contributed by atoms with Crippen LogP contribution in [0.1, 0.15) is 16.8 Å². The zero-order valence-electron chi connectivity index (χ0n) is 13.5. The van der Waals surface area contributed by atoms with E-state index in [-0.39, 0.29) is 15.7 Å². The van der Waals surface area contributed by atoms with Gasteiger partial charge in [0.2, 0.25) is 0 Å². The molecule has 0 fully saturated rings. The summed E-state index contributed by atoms with van der Waals surface area (Å²) in [7, 11) is 0. The number of esters is 1. The fourth-order valence-electron chi connectivity index (χ4n) is 2.23. The fourth-order valence-corrected chi connectivity index (χ4v) is 2.66. The Labute approximate surface area is 159 Å². The van der Waals surface area contributed by atoms with Gasteiger partial charge in [-0.1, -0.05) is 23.2 Å². The second kappa shape index (κ2) is 8.25. The highest BCUT2D eigenvalue weighted by Crippen LogP contribution is 2.38. The molecule has 1 aromatic carbocycles. The van der Waals surface area contributed by atoms with Crippen LogP contribution in [0.5, 0.6) is 11.5 Å². The molecule has 0 spiro atoms. The first-order chi connectivity index (χ1) is 12.5. The van der Waals surface area contributed by atoms with Crippen molar-refractivity contribution in [3.8, 4) is 11.5 Å². The standard InChI is InChI=1S/C17H14Cl2N2O5/c18-11-7-10(8-13-15(11)25-6-2-5-24-13)17(23)26-9-14(22)21-12-3-1-4-20-16(12)19/h1,3-4,7-8H,2,5-6,9H2,(H,21,22). The van der Waals surface area contributed by atoms with Crippen molar-refractivity contribution in [2.75, 3.05) is 25.1 Å². The Bertz CT molecular complexity index is 844. The van der Waals surface area contributed by atoms with E-state index in [4.69, 9.17) is 37.4 Å². The molecule has 0 aliphatic carbocycles. The molecule has 26 heavy (non-hydrogen) atoms. The minimum absolute atomic E-state index is 0.141. The molecule has 0 saturated carbocycles. The van der Waals surface area contributed by atoms with Crippen LogP contribution < -0.4 is 14.8 Å². The molecule has 1 aliphatic rings. The molecule has 0 atom stereocenters. The maximum Gasteiger partial charge on any atom is 0.338 e. The summed E-state index contributed by atoms with van der Waals surface area (Å²) in [6.07, 6.45) is 2.20. The van der Waals surface area contributed by atoms with Crippen LogP contribution in [0.3, 0.4) is 0 Å². The summed E-state index contributed by atoms with van der Waals surface area (Å²) in [6, 6.07) is 6.09. The monoisotopic (exact) mass is 396 g/mol. The maximum atomic E-state index is 12.2. The Kier molecular flexibility index (Phi) is 5.80. The molecule has 3 rings (SSSR count). The van der Waals surface area contributed by atoms with Crippen molar-refractivity contribution < 1.29 is 23.8 Å². The third-order valence-electron chi connectivity index (χ3n) is 3.41. The molecule has 136 valence electrons. The molecule has 0 bridgehead atoms. The largest absolute Gasteiger partial charge is 0.489 e. The molecule has 0 unspecified atom stereocenters. The minimum Gasteiger partial charge on any atom is -0.489 e. The van der Waals surface area contributed by atoms with Gasteiger partial charge in [0.25, 0.3) is 5.91 Å². The van der Waals surface area contributed by atoms with Gasteiger partial charge in [0.05, 0.1) is 29.5 Å². The van der Waals surface area contributed by atoms with E-state index in [0.29, 0.717) is 36.8 Å².